The summed E-state index contributed by atoms with van der Waals surface area (Å²) in [6, 6.07) is 3.58. The van der Waals surface area contributed by atoms with Crippen molar-refractivity contribution in [3.63, 3.8) is 0 Å². The quantitative estimate of drug-likeness (QED) is 0.647. The van der Waals surface area contributed by atoms with E-state index in [9.17, 15) is 9.18 Å². The van der Waals surface area contributed by atoms with Gasteiger partial charge in [0.15, 0.2) is 0 Å². The van der Waals surface area contributed by atoms with Gasteiger partial charge < -0.3 is 5.11 Å². The summed E-state index contributed by atoms with van der Waals surface area (Å²) in [7, 11) is 0. The van der Waals surface area contributed by atoms with Crippen molar-refractivity contribution >= 4 is 17.6 Å². The molecule has 0 aliphatic heterocycles. The Kier molecular flexibility index (Phi) is 2.88. The average Bonchev–Trinajstić information content (AvgIpc) is 2.06. The van der Waals surface area contributed by atoms with Crippen molar-refractivity contribution in [1.29, 1.82) is 0 Å². The molecule has 0 aliphatic carbocycles. The first kappa shape index (κ1) is 9.56. The number of hydrogen-bond acceptors (Lipinski definition) is 1. The molecule has 0 fully saturated rings. The normalized spacial score (nSPS) is 8.77. The van der Waals surface area contributed by atoms with Gasteiger partial charge in [0.25, 0.3) is 0 Å². The summed E-state index contributed by atoms with van der Waals surface area (Å²) in [5, 5.41) is 8.46. The number of carboxylic acid groups (broad SMARTS) is 1. The Balaban J connectivity index is 3.09. The van der Waals surface area contributed by atoms with E-state index in [1.165, 1.54) is 12.1 Å². The number of carboxylic acids is 1. The van der Waals surface area contributed by atoms with Gasteiger partial charge in [0.1, 0.15) is 5.82 Å². The van der Waals surface area contributed by atoms with E-state index >= 15 is 0 Å². The van der Waals surface area contributed by atoms with E-state index in [4.69, 9.17) is 16.7 Å². The molecule has 4 heteroatoms. The van der Waals surface area contributed by atoms with Crippen LogP contribution in [0.5, 0.6) is 0 Å². The molecule has 0 heterocycles. The molecule has 13 heavy (non-hydrogen) atoms. The van der Waals surface area contributed by atoms with Gasteiger partial charge in [-0.15, -0.1) is 0 Å². The van der Waals surface area contributed by atoms with E-state index in [2.05, 4.69) is 5.92 Å². The predicted molar refractivity (Wildman–Crippen MR) is 45.9 cm³/mol. The number of halogens is 2. The Labute approximate surface area is 79.0 Å². The first-order valence-electron chi connectivity index (χ1n) is 3.29. The minimum Gasteiger partial charge on any atom is -0.472 e. The number of benzene rings is 1. The highest BCUT2D eigenvalue weighted by Crippen LogP contribution is 2.15. The molecular weight excluding hydrogens is 195 g/mol. The van der Waals surface area contributed by atoms with Gasteiger partial charge in [0, 0.05) is 11.5 Å². The maximum absolute atomic E-state index is 12.6. The maximum atomic E-state index is 12.6. The minimum atomic E-state index is -1.28. The van der Waals surface area contributed by atoms with E-state index in [1.807, 2.05) is 5.92 Å². The number of rotatable bonds is 0. The first-order valence-corrected chi connectivity index (χ1v) is 3.67. The fourth-order valence-corrected chi connectivity index (χ4v) is 0.879. The van der Waals surface area contributed by atoms with Gasteiger partial charge in [-0.25, -0.2) is 9.18 Å². The molecule has 0 unspecified atom stereocenters. The Morgan fingerprint density at radius 3 is 2.85 bits per heavy atom. The predicted octanol–water partition coefficient (Wildman–Crippen LogP) is 1.92. The van der Waals surface area contributed by atoms with Crippen molar-refractivity contribution in [2.45, 2.75) is 0 Å². The third-order valence-electron chi connectivity index (χ3n) is 1.23. The standard InChI is InChI=1S/C9H4ClFO2/c10-8-3-2-7(11)5-6(8)1-4-9(12)13/h2-3,5H,(H,12,13). The van der Waals surface area contributed by atoms with Crippen LogP contribution in [0.1, 0.15) is 5.56 Å². The second kappa shape index (κ2) is 3.92. The van der Waals surface area contributed by atoms with Gasteiger partial charge in [-0.1, -0.05) is 17.5 Å². The lowest BCUT2D eigenvalue weighted by molar-refractivity contribution is -0.130. The van der Waals surface area contributed by atoms with Crippen LogP contribution in [0.25, 0.3) is 0 Å². The molecule has 0 saturated heterocycles. The molecule has 66 valence electrons. The third-order valence-corrected chi connectivity index (χ3v) is 1.56. The van der Waals surface area contributed by atoms with Crippen molar-refractivity contribution in [3.05, 3.63) is 34.6 Å². The lowest BCUT2D eigenvalue weighted by Crippen LogP contribution is -1.88. The molecule has 1 N–H and O–H groups in total. The van der Waals surface area contributed by atoms with Crippen LogP contribution < -0.4 is 0 Å². The zero-order valence-electron chi connectivity index (χ0n) is 6.34. The van der Waals surface area contributed by atoms with Crippen LogP contribution >= 0.6 is 11.6 Å². The molecule has 0 amide bonds. The topological polar surface area (TPSA) is 37.3 Å². The number of aliphatic carboxylic acids is 1. The van der Waals surface area contributed by atoms with Crippen LogP contribution in [-0.4, -0.2) is 11.1 Å². The van der Waals surface area contributed by atoms with Crippen molar-refractivity contribution in [2.24, 2.45) is 0 Å². The second-order valence-corrected chi connectivity index (χ2v) is 2.59. The molecule has 1 aromatic carbocycles. The van der Waals surface area contributed by atoms with Crippen LogP contribution in [0.4, 0.5) is 4.39 Å². The van der Waals surface area contributed by atoms with Crippen LogP contribution in [0.3, 0.4) is 0 Å². The van der Waals surface area contributed by atoms with Crippen molar-refractivity contribution in [2.75, 3.05) is 0 Å². The highest BCUT2D eigenvalue weighted by Gasteiger charge is 1.98. The third kappa shape index (κ3) is 2.77. The molecule has 0 saturated carbocycles. The van der Waals surface area contributed by atoms with E-state index < -0.39 is 11.8 Å². The van der Waals surface area contributed by atoms with Crippen molar-refractivity contribution in [1.82, 2.24) is 0 Å². The Bertz CT molecular complexity index is 404. The summed E-state index contributed by atoms with van der Waals surface area (Å²) in [6.45, 7) is 0. The smallest absolute Gasteiger partial charge is 0.382 e. The van der Waals surface area contributed by atoms with Gasteiger partial charge in [0.05, 0.1) is 5.02 Å². The fraction of sp³-hybridized carbons (Fsp3) is 0. The van der Waals surface area contributed by atoms with Gasteiger partial charge in [-0.05, 0) is 18.2 Å². The summed E-state index contributed by atoms with van der Waals surface area (Å²) < 4.78 is 12.6. The molecule has 0 spiro atoms. The van der Waals surface area contributed by atoms with Crippen molar-refractivity contribution in [3.8, 4) is 11.8 Å². The molecule has 0 aromatic heterocycles. The second-order valence-electron chi connectivity index (χ2n) is 2.18. The van der Waals surface area contributed by atoms with E-state index in [-0.39, 0.29) is 10.6 Å². The summed E-state index contributed by atoms with van der Waals surface area (Å²) in [5.74, 6) is 2.30. The van der Waals surface area contributed by atoms with Gasteiger partial charge in [-0.3, -0.25) is 0 Å². The highest BCUT2D eigenvalue weighted by molar-refractivity contribution is 6.31. The zero-order chi connectivity index (χ0) is 9.84. The fourth-order valence-electron chi connectivity index (χ4n) is 0.714. The first-order chi connectivity index (χ1) is 6.09. The number of hydrogen-bond donors (Lipinski definition) is 1. The molecule has 1 aromatic rings. The largest absolute Gasteiger partial charge is 0.472 e. The Morgan fingerprint density at radius 2 is 2.23 bits per heavy atom. The van der Waals surface area contributed by atoms with Crippen molar-refractivity contribution < 1.29 is 14.3 Å². The van der Waals surface area contributed by atoms with E-state index in [0.717, 1.165) is 6.07 Å². The van der Waals surface area contributed by atoms with Crippen LogP contribution in [0, 0.1) is 17.7 Å². The Morgan fingerprint density at radius 1 is 1.54 bits per heavy atom. The summed E-state index contributed by atoms with van der Waals surface area (Å²) in [6.07, 6.45) is 0. The molecule has 0 aliphatic rings. The molecule has 2 nitrogen and oxygen atoms in total. The van der Waals surface area contributed by atoms with Gasteiger partial charge in [-0.2, -0.15) is 0 Å². The lowest BCUT2D eigenvalue weighted by atomic mass is 10.2. The minimum absolute atomic E-state index is 0.170. The van der Waals surface area contributed by atoms with Crippen LogP contribution in [-0.2, 0) is 4.79 Å². The molecular formula is C9H4ClFO2. The Hall–Kier alpha value is -1.53. The monoisotopic (exact) mass is 198 g/mol. The van der Waals surface area contributed by atoms with Crippen LogP contribution in [0.15, 0.2) is 18.2 Å². The zero-order valence-corrected chi connectivity index (χ0v) is 7.10. The average molecular weight is 199 g/mol. The number of carbonyl (C=O) groups is 1. The maximum Gasteiger partial charge on any atom is 0.382 e. The SMILES string of the molecule is O=C(O)C#Cc1cc(F)ccc1Cl. The van der Waals surface area contributed by atoms with E-state index in [1.54, 1.807) is 0 Å². The summed E-state index contributed by atoms with van der Waals surface area (Å²) in [4.78, 5) is 10.1. The van der Waals surface area contributed by atoms with Gasteiger partial charge >= 0.3 is 5.97 Å². The molecule has 0 atom stereocenters. The molecule has 0 radical (unpaired) electrons. The van der Waals surface area contributed by atoms with Crippen LogP contribution in [0.2, 0.25) is 5.02 Å². The van der Waals surface area contributed by atoms with E-state index in [0.29, 0.717) is 0 Å². The highest BCUT2D eigenvalue weighted by atomic mass is 35.5. The lowest BCUT2D eigenvalue weighted by Gasteiger charge is -1.93. The molecule has 1 rings (SSSR count). The van der Waals surface area contributed by atoms with Gasteiger partial charge in [0.2, 0.25) is 0 Å². The summed E-state index contributed by atoms with van der Waals surface area (Å²) in [5.41, 5.74) is 0.170. The summed E-state index contributed by atoms with van der Waals surface area (Å²) >= 11 is 5.62. The molecule has 0 bridgehead atoms.